The first-order valence-electron chi connectivity index (χ1n) is 7.24. The van der Waals surface area contributed by atoms with Crippen LogP contribution in [0.4, 0.5) is 14.5 Å². The van der Waals surface area contributed by atoms with Crippen molar-refractivity contribution in [3.63, 3.8) is 0 Å². The van der Waals surface area contributed by atoms with Crippen molar-refractivity contribution in [2.45, 2.75) is 20.0 Å². The summed E-state index contributed by atoms with van der Waals surface area (Å²) in [5, 5.41) is 2.56. The number of amides is 1. The predicted molar refractivity (Wildman–Crippen MR) is 88.0 cm³/mol. The van der Waals surface area contributed by atoms with Crippen LogP contribution in [0.2, 0.25) is 5.02 Å². The molecule has 24 heavy (non-hydrogen) atoms. The number of nitrogens with one attached hydrogen (secondary N) is 1. The molecule has 0 saturated carbocycles. The summed E-state index contributed by atoms with van der Waals surface area (Å²) in [5.41, 5.74) is 1.36. The molecule has 2 aromatic carbocycles. The molecule has 2 aromatic rings. The van der Waals surface area contributed by atoms with Gasteiger partial charge in [0.2, 0.25) is 0 Å². The van der Waals surface area contributed by atoms with Gasteiger partial charge < -0.3 is 14.8 Å². The number of alkyl halides is 2. The molecule has 0 spiro atoms. The van der Waals surface area contributed by atoms with Crippen LogP contribution in [0.15, 0.2) is 42.5 Å². The fraction of sp³-hybridized carbons (Fsp3) is 0.235. The van der Waals surface area contributed by atoms with Crippen LogP contribution in [-0.2, 0) is 11.2 Å². The number of benzene rings is 2. The Balaban J connectivity index is 1.94. The number of halogens is 3. The monoisotopic (exact) mass is 355 g/mol. The molecule has 0 aliphatic rings. The second kappa shape index (κ2) is 8.49. The minimum absolute atomic E-state index is 0.0228. The summed E-state index contributed by atoms with van der Waals surface area (Å²) in [6.07, 6.45) is 0.791. The largest absolute Gasteiger partial charge is 0.483 e. The molecule has 7 heteroatoms. The van der Waals surface area contributed by atoms with Gasteiger partial charge in [0.25, 0.3) is 5.91 Å². The summed E-state index contributed by atoms with van der Waals surface area (Å²) in [7, 11) is 0. The summed E-state index contributed by atoms with van der Waals surface area (Å²) in [6.45, 7) is -1.15. The molecule has 0 fully saturated rings. The summed E-state index contributed by atoms with van der Waals surface area (Å²) in [6, 6.07) is 11.5. The fourth-order valence-electron chi connectivity index (χ4n) is 2.05. The van der Waals surface area contributed by atoms with Gasteiger partial charge in [-0.3, -0.25) is 4.79 Å². The van der Waals surface area contributed by atoms with Crippen molar-refractivity contribution in [2.75, 3.05) is 11.9 Å². The summed E-state index contributed by atoms with van der Waals surface area (Å²) in [5.74, 6) is 0.103. The number of carbonyl (C=O) groups excluding carboxylic acids is 1. The Morgan fingerprint density at radius 3 is 2.62 bits per heavy atom. The van der Waals surface area contributed by atoms with E-state index in [1.165, 1.54) is 18.2 Å². The Morgan fingerprint density at radius 2 is 1.96 bits per heavy atom. The quantitative estimate of drug-likeness (QED) is 0.794. The standard InChI is InChI=1S/C17H16ClF2NO3/c1-2-11-5-3-4-6-14(11)23-10-16(22)21-12-7-8-15(13(18)9-12)24-17(19)20/h3-9,17H,2,10H2,1H3,(H,21,22). The maximum absolute atomic E-state index is 12.2. The molecule has 0 aromatic heterocycles. The third-order valence-electron chi connectivity index (χ3n) is 3.14. The molecule has 0 unspecified atom stereocenters. The van der Waals surface area contributed by atoms with Crippen molar-refractivity contribution in [1.82, 2.24) is 0 Å². The molecule has 0 heterocycles. The van der Waals surface area contributed by atoms with Gasteiger partial charge >= 0.3 is 6.61 Å². The van der Waals surface area contributed by atoms with Gasteiger partial charge in [-0.25, -0.2) is 0 Å². The molecule has 2 rings (SSSR count). The molecule has 0 saturated heterocycles. The van der Waals surface area contributed by atoms with Gasteiger partial charge in [-0.2, -0.15) is 8.78 Å². The van der Waals surface area contributed by atoms with Gasteiger partial charge in [0.05, 0.1) is 5.02 Å². The molecule has 1 amide bonds. The number of carbonyl (C=O) groups is 1. The van der Waals surface area contributed by atoms with Crippen LogP contribution in [0.5, 0.6) is 11.5 Å². The number of hydrogen-bond acceptors (Lipinski definition) is 3. The van der Waals surface area contributed by atoms with E-state index >= 15 is 0 Å². The highest BCUT2D eigenvalue weighted by molar-refractivity contribution is 6.32. The van der Waals surface area contributed by atoms with Crippen LogP contribution in [0, 0.1) is 0 Å². The van der Waals surface area contributed by atoms with E-state index in [1.54, 1.807) is 6.07 Å². The van der Waals surface area contributed by atoms with E-state index in [-0.39, 0.29) is 23.3 Å². The van der Waals surface area contributed by atoms with Gasteiger partial charge in [-0.05, 0) is 36.2 Å². The van der Waals surface area contributed by atoms with Crippen LogP contribution in [0.3, 0.4) is 0 Å². The molecule has 128 valence electrons. The smallest absolute Gasteiger partial charge is 0.387 e. The van der Waals surface area contributed by atoms with Crippen LogP contribution in [0.1, 0.15) is 12.5 Å². The van der Waals surface area contributed by atoms with Crippen molar-refractivity contribution < 1.29 is 23.0 Å². The van der Waals surface area contributed by atoms with Gasteiger partial charge in [-0.1, -0.05) is 36.7 Å². The second-order valence-corrected chi connectivity index (χ2v) is 5.23. The average Bonchev–Trinajstić information content (AvgIpc) is 2.55. The number of rotatable bonds is 7. The first-order chi connectivity index (χ1) is 11.5. The lowest BCUT2D eigenvalue weighted by Gasteiger charge is -2.11. The van der Waals surface area contributed by atoms with E-state index in [2.05, 4.69) is 10.1 Å². The highest BCUT2D eigenvalue weighted by Crippen LogP contribution is 2.29. The molecular formula is C17H16ClF2NO3. The molecule has 0 aliphatic heterocycles. The second-order valence-electron chi connectivity index (χ2n) is 4.82. The molecule has 0 bridgehead atoms. The Morgan fingerprint density at radius 1 is 1.21 bits per heavy atom. The van der Waals surface area contributed by atoms with Crippen molar-refractivity contribution in [2.24, 2.45) is 0 Å². The minimum Gasteiger partial charge on any atom is -0.483 e. The molecule has 4 nitrogen and oxygen atoms in total. The number of aryl methyl sites for hydroxylation is 1. The molecule has 0 atom stereocenters. The van der Waals surface area contributed by atoms with E-state index in [9.17, 15) is 13.6 Å². The van der Waals surface area contributed by atoms with E-state index in [1.807, 2.05) is 25.1 Å². The molecular weight excluding hydrogens is 340 g/mol. The van der Waals surface area contributed by atoms with Crippen molar-refractivity contribution in [3.8, 4) is 11.5 Å². The first kappa shape index (κ1) is 18.0. The van der Waals surface area contributed by atoms with Crippen molar-refractivity contribution >= 4 is 23.2 Å². The zero-order valence-corrected chi connectivity index (χ0v) is 13.6. The number of hydrogen-bond donors (Lipinski definition) is 1. The highest BCUT2D eigenvalue weighted by atomic mass is 35.5. The third-order valence-corrected chi connectivity index (χ3v) is 3.44. The zero-order valence-electron chi connectivity index (χ0n) is 12.9. The average molecular weight is 356 g/mol. The molecule has 0 radical (unpaired) electrons. The minimum atomic E-state index is -2.96. The van der Waals surface area contributed by atoms with Crippen LogP contribution < -0.4 is 14.8 Å². The Kier molecular flexibility index (Phi) is 6.37. The molecule has 0 aliphatic carbocycles. The lowest BCUT2D eigenvalue weighted by atomic mass is 10.1. The van der Waals surface area contributed by atoms with Crippen molar-refractivity contribution in [1.29, 1.82) is 0 Å². The summed E-state index contributed by atoms with van der Waals surface area (Å²) < 4.78 is 34.1. The van der Waals surface area contributed by atoms with E-state index < -0.39 is 6.61 Å². The van der Waals surface area contributed by atoms with Crippen LogP contribution >= 0.6 is 11.6 Å². The number of anilines is 1. The Hall–Kier alpha value is -2.34. The lowest BCUT2D eigenvalue weighted by molar-refractivity contribution is -0.118. The predicted octanol–water partition coefficient (Wildman–Crippen LogP) is 4.52. The van der Waals surface area contributed by atoms with E-state index in [0.29, 0.717) is 11.4 Å². The lowest BCUT2D eigenvalue weighted by Crippen LogP contribution is -2.20. The van der Waals surface area contributed by atoms with Gasteiger partial charge in [0.1, 0.15) is 11.5 Å². The normalized spacial score (nSPS) is 10.5. The van der Waals surface area contributed by atoms with Gasteiger partial charge in [0.15, 0.2) is 6.61 Å². The van der Waals surface area contributed by atoms with Crippen LogP contribution in [0.25, 0.3) is 0 Å². The summed E-state index contributed by atoms with van der Waals surface area (Å²) >= 11 is 5.83. The van der Waals surface area contributed by atoms with E-state index in [4.69, 9.17) is 16.3 Å². The topological polar surface area (TPSA) is 47.6 Å². The fourth-order valence-corrected chi connectivity index (χ4v) is 2.27. The Labute approximate surface area is 143 Å². The van der Waals surface area contributed by atoms with Gasteiger partial charge in [0, 0.05) is 5.69 Å². The number of para-hydroxylation sites is 1. The highest BCUT2D eigenvalue weighted by Gasteiger charge is 2.11. The SMILES string of the molecule is CCc1ccccc1OCC(=O)Nc1ccc(OC(F)F)c(Cl)c1. The first-order valence-corrected chi connectivity index (χ1v) is 7.62. The third kappa shape index (κ3) is 5.09. The molecule has 1 N–H and O–H groups in total. The maximum atomic E-state index is 12.2. The number of ether oxygens (including phenoxy) is 2. The Bertz CT molecular complexity index is 710. The summed E-state index contributed by atoms with van der Waals surface area (Å²) in [4.78, 5) is 11.9. The maximum Gasteiger partial charge on any atom is 0.387 e. The zero-order chi connectivity index (χ0) is 17.5. The van der Waals surface area contributed by atoms with Crippen LogP contribution in [-0.4, -0.2) is 19.1 Å². The van der Waals surface area contributed by atoms with Gasteiger partial charge in [-0.15, -0.1) is 0 Å². The van der Waals surface area contributed by atoms with E-state index in [0.717, 1.165) is 12.0 Å². The van der Waals surface area contributed by atoms with Crippen molar-refractivity contribution in [3.05, 3.63) is 53.1 Å².